The van der Waals surface area contributed by atoms with E-state index in [1.54, 1.807) is 0 Å². The maximum Gasteiger partial charge on any atom is 0.549 e. The predicted octanol–water partition coefficient (Wildman–Crippen LogP) is 4.18. The first-order chi connectivity index (χ1) is 7.83. The van der Waals surface area contributed by atoms with Gasteiger partial charge in [-0.2, -0.15) is 3.97 Å². The Balaban J connectivity index is 3.47. The lowest BCUT2D eigenvalue weighted by atomic mass is 15.5. The minimum atomic E-state index is -4.84. The van der Waals surface area contributed by atoms with Crippen molar-refractivity contribution in [3.05, 3.63) is 0 Å². The second-order valence-corrected chi connectivity index (χ2v) is 11.3. The Kier molecular flexibility index (Phi) is 10.7. The molecule has 0 aliphatic carbocycles. The van der Waals surface area contributed by atoms with Crippen molar-refractivity contribution in [3.63, 3.8) is 0 Å². The molecule has 0 aliphatic rings. The van der Waals surface area contributed by atoms with E-state index in [-0.39, 0.29) is 11.1 Å². The van der Waals surface area contributed by atoms with Crippen LogP contribution in [-0.2, 0) is 26.5 Å². The van der Waals surface area contributed by atoms with Crippen molar-refractivity contribution in [2.24, 2.45) is 0 Å². The monoisotopic (exact) mass is 390 g/mol. The summed E-state index contributed by atoms with van der Waals surface area (Å²) >= 11 is 0.647. The number of rotatable bonds is 10. The van der Waals surface area contributed by atoms with Gasteiger partial charge in [0.25, 0.3) is 0 Å². The third kappa shape index (κ3) is 11.4. The number of hydrogen-bond donors (Lipinski definition) is 2. The molecule has 0 aromatic carbocycles. The molecule has 0 aromatic heterocycles. The molecule has 0 fully saturated rings. The molecule has 8 nitrogen and oxygen atoms in total. The van der Waals surface area contributed by atoms with E-state index >= 15 is 0 Å². The average Bonchev–Trinajstić information content (AvgIpc) is 2.26. The zero-order valence-corrected chi connectivity index (χ0v) is 12.9. The average molecular weight is 390 g/mol. The molecule has 0 bridgehead atoms. The van der Waals surface area contributed by atoms with Crippen LogP contribution in [0.1, 0.15) is 0 Å². The summed E-state index contributed by atoms with van der Waals surface area (Å²) in [6, 6.07) is 0. The Labute approximate surface area is 112 Å². The molecule has 0 saturated carbocycles. The molecule has 0 unspecified atom stereocenters. The first-order valence-corrected chi connectivity index (χ1v) is 11.8. The van der Waals surface area contributed by atoms with Crippen LogP contribution in [-0.4, -0.2) is 9.79 Å². The molecule has 0 aromatic rings. The van der Waals surface area contributed by atoms with Crippen molar-refractivity contribution in [2.75, 3.05) is 0 Å². The van der Waals surface area contributed by atoms with Crippen LogP contribution in [0.4, 0.5) is 9.05 Å². The summed E-state index contributed by atoms with van der Waals surface area (Å²) in [7, 11) is -7.07. The SMILES string of the molecule is O=P(O)(O)OSSSSSOP(=O)(OF)OF. The van der Waals surface area contributed by atoms with Crippen LogP contribution in [0.2, 0.25) is 0 Å². The molecule has 17 heteroatoms. The number of hydrogen-bond acceptors (Lipinski definition) is 11. The Hall–Kier alpha value is 1.83. The highest BCUT2D eigenvalue weighted by Gasteiger charge is 2.31. The molecule has 0 rings (SSSR count). The molecule has 0 heterocycles. The summed E-state index contributed by atoms with van der Waals surface area (Å²) in [5.74, 6) is 0. The summed E-state index contributed by atoms with van der Waals surface area (Å²) in [6.07, 6.45) is 0. The Bertz CT molecular complexity index is 286. The Morgan fingerprint density at radius 2 is 1.35 bits per heavy atom. The van der Waals surface area contributed by atoms with Crippen molar-refractivity contribution in [1.29, 1.82) is 0 Å². The van der Waals surface area contributed by atoms with Crippen molar-refractivity contribution in [2.45, 2.75) is 0 Å². The van der Waals surface area contributed by atoms with Gasteiger partial charge in [-0.3, -0.25) is 0 Å². The summed E-state index contributed by atoms with van der Waals surface area (Å²) in [5.41, 5.74) is 0. The van der Waals surface area contributed by atoms with E-state index in [4.69, 9.17) is 9.79 Å². The summed E-state index contributed by atoms with van der Waals surface area (Å²) in [5, 5.41) is 0. The van der Waals surface area contributed by atoms with Crippen molar-refractivity contribution in [1.82, 2.24) is 0 Å². The topological polar surface area (TPSA) is 112 Å². The lowest BCUT2D eigenvalue weighted by Gasteiger charge is -2.04. The van der Waals surface area contributed by atoms with Crippen LogP contribution < -0.4 is 0 Å². The summed E-state index contributed by atoms with van der Waals surface area (Å²) < 4.78 is 56.7. The molecule has 0 radical (unpaired) electrons. The zero-order valence-electron chi connectivity index (χ0n) is 7.04. The van der Waals surface area contributed by atoms with Crippen LogP contribution in [0.5, 0.6) is 0 Å². The molecule has 0 spiro atoms. The van der Waals surface area contributed by atoms with Gasteiger partial charge in [-0.1, -0.05) is 9.46 Å². The quantitative estimate of drug-likeness (QED) is 0.241. The number of phosphoric acid groups is 2. The highest BCUT2D eigenvalue weighted by Crippen LogP contribution is 2.60. The number of halogens is 2. The highest BCUT2D eigenvalue weighted by atomic mass is 33.8. The fourth-order valence-electron chi connectivity index (χ4n) is 0.169. The van der Waals surface area contributed by atoms with Gasteiger partial charge < -0.3 is 9.79 Å². The lowest BCUT2D eigenvalue weighted by molar-refractivity contribution is -0.105. The van der Waals surface area contributed by atoms with E-state index in [9.17, 15) is 18.2 Å². The normalized spacial score (nSPS) is 12.9. The van der Waals surface area contributed by atoms with Crippen molar-refractivity contribution in [3.8, 4) is 0 Å². The fraction of sp³-hybridized carbons (Fsp3) is 0. The third-order valence-electron chi connectivity index (χ3n) is 0.529. The third-order valence-corrected chi connectivity index (χ3v) is 9.85. The minimum absolute atomic E-state index is 0.270. The van der Waals surface area contributed by atoms with Gasteiger partial charge in [0.2, 0.25) is 0 Å². The maximum atomic E-state index is 11.4. The largest absolute Gasteiger partial charge is 0.549 e. The van der Waals surface area contributed by atoms with E-state index in [0.29, 0.717) is 20.9 Å². The second kappa shape index (κ2) is 9.69. The second-order valence-electron chi connectivity index (χ2n) is 1.57. The highest BCUT2D eigenvalue weighted by molar-refractivity contribution is 9.35. The van der Waals surface area contributed by atoms with Gasteiger partial charge in [0, 0.05) is 29.5 Å². The molecule has 17 heavy (non-hydrogen) atoms. The van der Waals surface area contributed by atoms with E-state index in [1.165, 1.54) is 0 Å². The van der Waals surface area contributed by atoms with Gasteiger partial charge >= 0.3 is 15.6 Å². The lowest BCUT2D eigenvalue weighted by Crippen LogP contribution is -1.81. The Morgan fingerprint density at radius 1 is 0.882 bits per heavy atom. The first-order valence-electron chi connectivity index (χ1n) is 2.80. The van der Waals surface area contributed by atoms with Gasteiger partial charge in [0.05, 0.1) is 22.1 Å². The fourth-order valence-corrected chi connectivity index (χ4v) is 8.92. The summed E-state index contributed by atoms with van der Waals surface area (Å²) in [4.78, 5) is 16.5. The molecule has 0 amide bonds. The predicted molar refractivity (Wildman–Crippen MR) is 64.2 cm³/mol. The van der Waals surface area contributed by atoms with Gasteiger partial charge in [-0.25, -0.2) is 13.1 Å². The van der Waals surface area contributed by atoms with Crippen LogP contribution >= 0.6 is 67.3 Å². The van der Waals surface area contributed by atoms with Crippen LogP contribution in [0.25, 0.3) is 0 Å². The van der Waals surface area contributed by atoms with Gasteiger partial charge in [0.1, 0.15) is 0 Å². The smallest absolute Gasteiger partial charge is 0.302 e. The minimum Gasteiger partial charge on any atom is -0.302 e. The summed E-state index contributed by atoms with van der Waals surface area (Å²) in [6.45, 7) is 0. The van der Waals surface area contributed by atoms with Gasteiger partial charge in [-0.15, -0.1) is 0 Å². The van der Waals surface area contributed by atoms with Crippen LogP contribution in [0.3, 0.4) is 0 Å². The van der Waals surface area contributed by atoms with Crippen molar-refractivity contribution < 1.29 is 45.4 Å². The van der Waals surface area contributed by atoms with E-state index in [0.717, 1.165) is 19.7 Å². The van der Waals surface area contributed by atoms with Crippen LogP contribution in [0.15, 0.2) is 0 Å². The standard InChI is InChI=1S/F2H2O8P2S5/c1-7-12(6,8-2)10-14-16-17-15-13-9-11(3,4)5/h(H2,3,4,5). The molecular formula is H2F2O8P2S5. The molecular weight excluding hydrogens is 388 g/mol. The maximum absolute atomic E-state index is 11.4. The molecule has 0 aliphatic heterocycles. The van der Waals surface area contributed by atoms with Crippen LogP contribution in [0, 0.1) is 0 Å². The molecule has 0 saturated heterocycles. The zero-order chi connectivity index (χ0) is 13.4. The van der Waals surface area contributed by atoms with Crippen molar-refractivity contribution >= 4 is 67.3 Å². The molecule has 104 valence electrons. The Morgan fingerprint density at radius 3 is 1.76 bits per heavy atom. The molecule has 0 atom stereocenters. The van der Waals surface area contributed by atoms with E-state index < -0.39 is 15.6 Å². The van der Waals surface area contributed by atoms with E-state index in [1.807, 2.05) is 0 Å². The van der Waals surface area contributed by atoms with Gasteiger partial charge in [-0.05, 0) is 9.05 Å². The van der Waals surface area contributed by atoms with E-state index in [2.05, 4.69) is 17.4 Å². The molecule has 2 N–H and O–H groups in total. The first kappa shape index (κ1) is 18.8. The van der Waals surface area contributed by atoms with Gasteiger partial charge in [0.15, 0.2) is 0 Å².